The second-order valence-electron chi connectivity index (χ2n) is 13.6. The third kappa shape index (κ3) is 4.55. The molecule has 9 aromatic rings. The molecular formula is C46H32N2O2S. The molecule has 0 spiro atoms. The second-order valence-corrected chi connectivity index (χ2v) is 14.6. The fourth-order valence-electron chi connectivity index (χ4n) is 8.29. The lowest BCUT2D eigenvalue weighted by atomic mass is 9.93. The summed E-state index contributed by atoms with van der Waals surface area (Å²) in [5, 5.41) is 15.0. The van der Waals surface area contributed by atoms with E-state index in [1.807, 2.05) is 23.5 Å². The Balaban J connectivity index is 1.05. The first-order valence-corrected chi connectivity index (χ1v) is 18.4. The topological polar surface area (TPSA) is 50.3 Å². The van der Waals surface area contributed by atoms with Crippen LogP contribution in [0.25, 0.3) is 75.2 Å². The lowest BCUT2D eigenvalue weighted by Crippen LogP contribution is -2.40. The Morgan fingerprint density at radius 3 is 2.29 bits per heavy atom. The maximum atomic E-state index is 6.67. The summed E-state index contributed by atoms with van der Waals surface area (Å²) in [7, 11) is 0. The molecule has 0 bridgehead atoms. The van der Waals surface area contributed by atoms with E-state index in [0.29, 0.717) is 0 Å². The summed E-state index contributed by atoms with van der Waals surface area (Å²) in [6, 6.07) is 43.2. The third-order valence-electron chi connectivity index (χ3n) is 10.7. The van der Waals surface area contributed by atoms with Crippen molar-refractivity contribution < 1.29 is 8.83 Å². The van der Waals surface area contributed by atoms with E-state index >= 15 is 0 Å². The number of fused-ring (bicyclic) bond motifs is 9. The Labute approximate surface area is 298 Å². The van der Waals surface area contributed by atoms with Crippen LogP contribution in [-0.2, 0) is 0 Å². The van der Waals surface area contributed by atoms with E-state index in [9.17, 15) is 0 Å². The van der Waals surface area contributed by atoms with Crippen LogP contribution in [0.2, 0.25) is 0 Å². The number of hydrogen-bond acceptors (Lipinski definition) is 5. The minimum atomic E-state index is -0.133. The first-order valence-electron chi connectivity index (χ1n) is 17.6. The number of thiophene rings is 1. The van der Waals surface area contributed by atoms with Crippen molar-refractivity contribution >= 4 is 75.4 Å². The predicted molar refractivity (Wildman–Crippen MR) is 212 cm³/mol. The first-order chi connectivity index (χ1) is 25.3. The van der Waals surface area contributed by atoms with Crippen molar-refractivity contribution in [2.45, 2.75) is 25.0 Å². The SMILES string of the molecule is C1=CCCC(C2=CC(c3ccc4c(c3)oc3cccc(-c5cccc6c5sc5ccccc56)c34)NC(c3cccc4oc5ccccc5c34)N2)=C1. The highest BCUT2D eigenvalue weighted by molar-refractivity contribution is 7.26. The minimum absolute atomic E-state index is 0.0455. The maximum absolute atomic E-state index is 6.67. The average molecular weight is 677 g/mol. The lowest BCUT2D eigenvalue weighted by molar-refractivity contribution is 0.420. The van der Waals surface area contributed by atoms with Crippen LogP contribution in [0.5, 0.6) is 0 Å². The third-order valence-corrected chi connectivity index (χ3v) is 11.9. The molecule has 5 heteroatoms. The Kier molecular flexibility index (Phi) is 6.42. The van der Waals surface area contributed by atoms with Gasteiger partial charge in [-0.3, -0.25) is 5.32 Å². The zero-order valence-electron chi connectivity index (χ0n) is 27.7. The molecule has 0 amide bonds. The molecule has 4 nitrogen and oxygen atoms in total. The highest BCUT2D eigenvalue weighted by Crippen LogP contribution is 2.45. The monoisotopic (exact) mass is 676 g/mol. The molecule has 1 aliphatic heterocycles. The molecule has 2 N–H and O–H groups in total. The Bertz CT molecular complexity index is 2950. The van der Waals surface area contributed by atoms with E-state index < -0.39 is 0 Å². The van der Waals surface area contributed by atoms with Crippen LogP contribution >= 0.6 is 11.3 Å². The van der Waals surface area contributed by atoms with Gasteiger partial charge in [0.2, 0.25) is 0 Å². The number of benzene rings is 6. The number of rotatable bonds is 4. The highest BCUT2D eigenvalue weighted by Gasteiger charge is 2.28. The Morgan fingerprint density at radius 2 is 1.37 bits per heavy atom. The predicted octanol–water partition coefficient (Wildman–Crippen LogP) is 12.6. The molecule has 2 unspecified atom stereocenters. The molecule has 3 aromatic heterocycles. The fourth-order valence-corrected chi connectivity index (χ4v) is 9.52. The van der Waals surface area contributed by atoms with E-state index in [-0.39, 0.29) is 12.2 Å². The van der Waals surface area contributed by atoms with Crippen LogP contribution in [0.3, 0.4) is 0 Å². The number of nitrogens with one attached hydrogen (secondary N) is 2. The zero-order valence-corrected chi connectivity index (χ0v) is 28.5. The largest absolute Gasteiger partial charge is 0.456 e. The van der Waals surface area contributed by atoms with Gasteiger partial charge in [-0.15, -0.1) is 11.3 Å². The van der Waals surface area contributed by atoms with Gasteiger partial charge in [0.1, 0.15) is 28.5 Å². The van der Waals surface area contributed by atoms with Crippen LogP contribution in [0.1, 0.15) is 36.2 Å². The molecule has 51 heavy (non-hydrogen) atoms. The van der Waals surface area contributed by atoms with E-state index in [1.54, 1.807) is 0 Å². The van der Waals surface area contributed by atoms with Crippen molar-refractivity contribution in [2.75, 3.05) is 0 Å². The van der Waals surface area contributed by atoms with Gasteiger partial charge < -0.3 is 14.2 Å². The van der Waals surface area contributed by atoms with Gasteiger partial charge in [-0.05, 0) is 65.9 Å². The summed E-state index contributed by atoms with van der Waals surface area (Å²) >= 11 is 1.87. The first kappa shape index (κ1) is 28.9. The molecule has 11 rings (SSSR count). The van der Waals surface area contributed by atoms with Crippen LogP contribution < -0.4 is 10.6 Å². The van der Waals surface area contributed by atoms with Gasteiger partial charge in [0, 0.05) is 58.5 Å². The summed E-state index contributed by atoms with van der Waals surface area (Å²) in [6.07, 6.45) is 10.9. The molecule has 0 saturated heterocycles. The van der Waals surface area contributed by atoms with Gasteiger partial charge in [0.05, 0.1) is 6.04 Å². The Hall–Kier alpha value is -5.88. The fraction of sp³-hybridized carbons (Fsp3) is 0.0870. The van der Waals surface area contributed by atoms with Gasteiger partial charge in [-0.1, -0.05) is 109 Å². The van der Waals surface area contributed by atoms with Crippen molar-refractivity contribution in [1.82, 2.24) is 10.6 Å². The van der Waals surface area contributed by atoms with Crippen molar-refractivity contribution in [2.24, 2.45) is 0 Å². The molecule has 244 valence electrons. The maximum Gasteiger partial charge on any atom is 0.136 e. The van der Waals surface area contributed by atoms with Crippen LogP contribution in [0.15, 0.2) is 166 Å². The summed E-state index contributed by atoms with van der Waals surface area (Å²) in [5.74, 6) is 0. The molecule has 2 aliphatic rings. The molecule has 4 heterocycles. The van der Waals surface area contributed by atoms with Crippen molar-refractivity contribution in [3.05, 3.63) is 168 Å². The summed E-state index contributed by atoms with van der Waals surface area (Å²) in [6.45, 7) is 0. The Morgan fingerprint density at radius 1 is 0.627 bits per heavy atom. The molecule has 0 fully saturated rings. The average Bonchev–Trinajstić information content (AvgIpc) is 3.89. The molecule has 0 saturated carbocycles. The van der Waals surface area contributed by atoms with Gasteiger partial charge >= 0.3 is 0 Å². The summed E-state index contributed by atoms with van der Waals surface area (Å²) < 4.78 is 15.6. The molecular weight excluding hydrogens is 645 g/mol. The van der Waals surface area contributed by atoms with Gasteiger partial charge in [-0.25, -0.2) is 0 Å². The van der Waals surface area contributed by atoms with E-state index in [4.69, 9.17) is 8.83 Å². The second kappa shape index (κ2) is 11.3. The lowest BCUT2D eigenvalue weighted by Gasteiger charge is -2.34. The smallest absolute Gasteiger partial charge is 0.136 e. The zero-order chi connectivity index (χ0) is 33.5. The molecule has 6 aromatic carbocycles. The number of hydrogen-bond donors (Lipinski definition) is 2. The highest BCUT2D eigenvalue weighted by atomic mass is 32.1. The summed E-state index contributed by atoms with van der Waals surface area (Å²) in [5.41, 5.74) is 10.9. The van der Waals surface area contributed by atoms with Crippen molar-refractivity contribution in [3.63, 3.8) is 0 Å². The van der Waals surface area contributed by atoms with Gasteiger partial charge in [0.15, 0.2) is 0 Å². The molecule has 2 atom stereocenters. The normalized spacial score (nSPS) is 17.9. The standard InChI is InChI=1S/C46H32N2O2S/c1-2-11-27(12-3-1)36-26-37(48-46(47-36)35-18-10-21-40-44(35)33-14-4-6-19-38(33)49-40)28-23-24-34-41(25-28)50-39-20-9-15-30(43(34)39)32-17-8-16-31-29-13-5-7-22-42(29)51-45(31)32/h1-2,4-11,13-26,37,46-48H,3,12H2. The molecule has 0 radical (unpaired) electrons. The van der Waals surface area contributed by atoms with Gasteiger partial charge in [-0.2, -0.15) is 0 Å². The molecule has 1 aliphatic carbocycles. The number of furan rings is 2. The van der Waals surface area contributed by atoms with E-state index in [0.717, 1.165) is 62.3 Å². The van der Waals surface area contributed by atoms with Crippen molar-refractivity contribution in [3.8, 4) is 11.1 Å². The van der Waals surface area contributed by atoms with Crippen LogP contribution in [-0.4, -0.2) is 0 Å². The van der Waals surface area contributed by atoms with Crippen LogP contribution in [0, 0.1) is 0 Å². The summed E-state index contributed by atoms with van der Waals surface area (Å²) in [4.78, 5) is 0. The quantitative estimate of drug-likeness (QED) is 0.195. The van der Waals surface area contributed by atoms with Crippen molar-refractivity contribution in [1.29, 1.82) is 0 Å². The van der Waals surface area contributed by atoms with E-state index in [1.165, 1.54) is 48.1 Å². The number of para-hydroxylation sites is 1. The van der Waals surface area contributed by atoms with Gasteiger partial charge in [0.25, 0.3) is 0 Å². The van der Waals surface area contributed by atoms with Crippen LogP contribution in [0.4, 0.5) is 0 Å². The minimum Gasteiger partial charge on any atom is -0.456 e. The number of allylic oxidation sites excluding steroid dienone is 4. The van der Waals surface area contributed by atoms with E-state index in [2.05, 4.69) is 144 Å².